The van der Waals surface area contributed by atoms with Gasteiger partial charge in [-0.15, -0.1) is 11.8 Å². The van der Waals surface area contributed by atoms with Crippen molar-refractivity contribution in [1.29, 1.82) is 0 Å². The van der Waals surface area contributed by atoms with Crippen LogP contribution >= 0.6 is 11.8 Å². The van der Waals surface area contributed by atoms with Gasteiger partial charge in [0.25, 0.3) is 0 Å². The van der Waals surface area contributed by atoms with Crippen molar-refractivity contribution in [1.82, 2.24) is 24.3 Å². The topological polar surface area (TPSA) is 56.0 Å². The lowest BCUT2D eigenvalue weighted by molar-refractivity contribution is 0.580. The quantitative estimate of drug-likeness (QED) is 0.531. The Hall–Kier alpha value is -2.02. The molecule has 0 fully saturated rings. The van der Waals surface area contributed by atoms with E-state index in [1.165, 1.54) is 18.0 Å². The Morgan fingerprint density at radius 1 is 1.16 bits per heavy atom. The number of imidazole rings is 1. The number of nitrogens with zero attached hydrogens (tertiary/aromatic N) is 5. The van der Waals surface area contributed by atoms with Crippen LogP contribution in [0.3, 0.4) is 0 Å². The van der Waals surface area contributed by atoms with Gasteiger partial charge in [0, 0.05) is 6.20 Å². The Labute approximate surface area is 113 Å². The lowest BCUT2D eigenvalue weighted by Crippen LogP contribution is -1.98. The second-order valence-corrected chi connectivity index (χ2v) is 4.75. The molecule has 0 aromatic carbocycles. The van der Waals surface area contributed by atoms with Crippen LogP contribution in [0.25, 0.3) is 17.2 Å². The fraction of sp³-hybridized carbons (Fsp3) is 0.167. The maximum Gasteiger partial charge on any atom is 0.179 e. The van der Waals surface area contributed by atoms with E-state index in [2.05, 4.69) is 19.9 Å². The molecule has 0 aliphatic heterocycles. The van der Waals surface area contributed by atoms with Gasteiger partial charge in [0.2, 0.25) is 0 Å². The molecule has 0 radical (unpaired) electrons. The van der Waals surface area contributed by atoms with Crippen molar-refractivity contribution in [2.45, 2.75) is 11.9 Å². The monoisotopic (exact) mass is 275 g/mol. The van der Waals surface area contributed by atoms with Crippen molar-refractivity contribution in [2.75, 3.05) is 6.26 Å². The Morgan fingerprint density at radius 2 is 2.00 bits per heavy atom. The minimum atomic E-state index is -0.414. The van der Waals surface area contributed by atoms with E-state index in [0.29, 0.717) is 16.5 Å². The van der Waals surface area contributed by atoms with Crippen molar-refractivity contribution in [3.63, 3.8) is 0 Å². The molecule has 0 N–H and O–H groups in total. The average molecular weight is 275 g/mol. The number of fused-ring (bicyclic) bond motifs is 1. The molecule has 0 atom stereocenters. The largest absolute Gasteiger partial charge is 0.294 e. The summed E-state index contributed by atoms with van der Waals surface area (Å²) in [4.78, 5) is 16.6. The van der Waals surface area contributed by atoms with Crippen LogP contribution in [0.5, 0.6) is 0 Å². The molecule has 0 saturated carbocycles. The molecular weight excluding hydrogens is 265 g/mol. The maximum absolute atomic E-state index is 13.4. The van der Waals surface area contributed by atoms with Gasteiger partial charge in [-0.05, 0) is 13.2 Å². The van der Waals surface area contributed by atoms with E-state index in [1.54, 1.807) is 18.6 Å². The van der Waals surface area contributed by atoms with Gasteiger partial charge < -0.3 is 0 Å². The number of halogens is 1. The van der Waals surface area contributed by atoms with Gasteiger partial charge in [-0.1, -0.05) is 0 Å². The standard InChI is InChI=1S/C12H10FN5S/c1-7-6-18-9(4-15-10(18)5-14-7)11-16-3-8(13)12(17-11)19-2/h3-6H,1-2H3. The van der Waals surface area contributed by atoms with E-state index in [0.717, 1.165) is 11.4 Å². The zero-order chi connectivity index (χ0) is 13.4. The van der Waals surface area contributed by atoms with E-state index in [4.69, 9.17) is 0 Å². The molecule has 0 bridgehead atoms. The van der Waals surface area contributed by atoms with E-state index in [9.17, 15) is 4.39 Å². The van der Waals surface area contributed by atoms with E-state index in [1.807, 2.05) is 17.5 Å². The van der Waals surface area contributed by atoms with Crippen LogP contribution in [0.1, 0.15) is 5.69 Å². The van der Waals surface area contributed by atoms with E-state index >= 15 is 0 Å². The van der Waals surface area contributed by atoms with Crippen molar-refractivity contribution in [2.24, 2.45) is 0 Å². The van der Waals surface area contributed by atoms with Crippen LogP contribution in [-0.4, -0.2) is 30.6 Å². The van der Waals surface area contributed by atoms with Crippen LogP contribution < -0.4 is 0 Å². The van der Waals surface area contributed by atoms with Crippen LogP contribution in [0, 0.1) is 12.7 Å². The highest BCUT2D eigenvalue weighted by Crippen LogP contribution is 2.21. The number of hydrogen-bond acceptors (Lipinski definition) is 5. The minimum absolute atomic E-state index is 0.325. The first-order chi connectivity index (χ1) is 9.19. The average Bonchev–Trinajstić information content (AvgIpc) is 2.82. The second kappa shape index (κ2) is 4.58. The summed E-state index contributed by atoms with van der Waals surface area (Å²) in [6, 6.07) is 0. The number of aryl methyl sites for hydroxylation is 1. The predicted molar refractivity (Wildman–Crippen MR) is 70.5 cm³/mol. The molecule has 0 amide bonds. The first kappa shape index (κ1) is 12.0. The number of aromatic nitrogens is 5. The third-order valence-corrected chi connectivity index (χ3v) is 3.33. The smallest absolute Gasteiger partial charge is 0.179 e. The highest BCUT2D eigenvalue weighted by atomic mass is 32.2. The molecule has 3 aromatic heterocycles. The van der Waals surface area contributed by atoms with Crippen molar-refractivity contribution in [3.05, 3.63) is 36.3 Å². The Kier molecular flexibility index (Phi) is 2.90. The molecule has 3 aromatic rings. The molecule has 19 heavy (non-hydrogen) atoms. The molecular formula is C12H10FN5S. The van der Waals surface area contributed by atoms with Gasteiger partial charge in [0.15, 0.2) is 17.3 Å². The zero-order valence-corrected chi connectivity index (χ0v) is 11.1. The normalized spacial score (nSPS) is 11.1. The summed E-state index contributed by atoms with van der Waals surface area (Å²) in [6.07, 6.45) is 8.15. The minimum Gasteiger partial charge on any atom is -0.294 e. The fourth-order valence-corrected chi connectivity index (χ4v) is 2.20. The van der Waals surface area contributed by atoms with Crippen LogP contribution in [0.4, 0.5) is 4.39 Å². The van der Waals surface area contributed by atoms with Gasteiger partial charge in [0.05, 0.1) is 24.3 Å². The van der Waals surface area contributed by atoms with Crippen LogP contribution in [0.2, 0.25) is 0 Å². The highest BCUT2D eigenvalue weighted by molar-refractivity contribution is 7.98. The summed E-state index contributed by atoms with van der Waals surface area (Å²) in [5.41, 5.74) is 2.29. The molecule has 96 valence electrons. The SMILES string of the molecule is CSc1nc(-c2cnc3cnc(C)cn23)ncc1F. The lowest BCUT2D eigenvalue weighted by atomic mass is 10.4. The molecule has 0 aliphatic rings. The Balaban J connectivity index is 2.21. The van der Waals surface area contributed by atoms with Gasteiger partial charge in [0.1, 0.15) is 10.7 Å². The Bertz CT molecular complexity index is 755. The van der Waals surface area contributed by atoms with Crippen molar-refractivity contribution >= 4 is 17.4 Å². The molecule has 3 heterocycles. The van der Waals surface area contributed by atoms with E-state index in [-0.39, 0.29) is 0 Å². The fourth-order valence-electron chi connectivity index (χ4n) is 1.77. The maximum atomic E-state index is 13.4. The summed E-state index contributed by atoms with van der Waals surface area (Å²) >= 11 is 1.25. The molecule has 7 heteroatoms. The number of rotatable bonds is 2. The molecule has 5 nitrogen and oxygen atoms in total. The van der Waals surface area contributed by atoms with Gasteiger partial charge >= 0.3 is 0 Å². The molecule has 0 unspecified atom stereocenters. The first-order valence-corrected chi connectivity index (χ1v) is 6.78. The second-order valence-electron chi connectivity index (χ2n) is 3.95. The first-order valence-electron chi connectivity index (χ1n) is 5.55. The molecule has 0 spiro atoms. The van der Waals surface area contributed by atoms with Gasteiger partial charge in [-0.25, -0.2) is 19.3 Å². The van der Waals surface area contributed by atoms with Crippen LogP contribution in [-0.2, 0) is 0 Å². The number of thioether (sulfide) groups is 1. The van der Waals surface area contributed by atoms with Crippen molar-refractivity contribution in [3.8, 4) is 11.5 Å². The van der Waals surface area contributed by atoms with Crippen LogP contribution in [0.15, 0.2) is 29.8 Å². The summed E-state index contributed by atoms with van der Waals surface area (Å²) in [5.74, 6) is 0.0340. The highest BCUT2D eigenvalue weighted by Gasteiger charge is 2.12. The molecule has 3 rings (SSSR count). The Morgan fingerprint density at radius 3 is 2.79 bits per heavy atom. The summed E-state index contributed by atoms with van der Waals surface area (Å²) in [5, 5.41) is 0.325. The third-order valence-electron chi connectivity index (χ3n) is 2.66. The van der Waals surface area contributed by atoms with Crippen molar-refractivity contribution < 1.29 is 4.39 Å². The lowest BCUT2D eigenvalue weighted by Gasteiger charge is -2.03. The predicted octanol–water partition coefficient (Wildman–Crippen LogP) is 2.36. The summed E-state index contributed by atoms with van der Waals surface area (Å²) in [7, 11) is 0. The number of hydrogen-bond donors (Lipinski definition) is 0. The van der Waals surface area contributed by atoms with Gasteiger partial charge in [-0.3, -0.25) is 9.38 Å². The summed E-state index contributed by atoms with van der Waals surface area (Å²) < 4.78 is 15.3. The molecule has 0 saturated heterocycles. The zero-order valence-electron chi connectivity index (χ0n) is 10.3. The van der Waals surface area contributed by atoms with E-state index < -0.39 is 5.82 Å². The summed E-state index contributed by atoms with van der Waals surface area (Å²) in [6.45, 7) is 1.89. The van der Waals surface area contributed by atoms with Gasteiger partial charge in [-0.2, -0.15) is 0 Å². The third kappa shape index (κ3) is 2.06. The molecule has 0 aliphatic carbocycles.